The average Bonchev–Trinajstić information content (AvgIpc) is 3.14. The van der Waals surface area contributed by atoms with E-state index in [0.29, 0.717) is 0 Å². The van der Waals surface area contributed by atoms with E-state index in [1.54, 1.807) is 0 Å². The first-order valence-electron chi connectivity index (χ1n) is 8.82. The van der Waals surface area contributed by atoms with Crippen LogP contribution < -0.4 is 5.32 Å². The summed E-state index contributed by atoms with van der Waals surface area (Å²) in [4.78, 5) is 2.50. The minimum atomic E-state index is 0.783. The van der Waals surface area contributed by atoms with Crippen molar-refractivity contribution in [3.05, 3.63) is 35.4 Å². The number of benzene rings is 1. The molecule has 1 aromatic rings. The zero-order valence-electron chi connectivity index (χ0n) is 13.6. The third kappa shape index (κ3) is 3.49. The molecule has 3 atom stereocenters. The van der Waals surface area contributed by atoms with E-state index in [2.05, 4.69) is 48.3 Å². The van der Waals surface area contributed by atoms with Gasteiger partial charge in [-0.15, -0.1) is 0 Å². The fourth-order valence-corrected chi connectivity index (χ4v) is 4.31. The van der Waals surface area contributed by atoms with Gasteiger partial charge in [-0.25, -0.2) is 0 Å². The van der Waals surface area contributed by atoms with Gasteiger partial charge in [0, 0.05) is 19.1 Å². The molecule has 2 nitrogen and oxygen atoms in total. The van der Waals surface area contributed by atoms with E-state index >= 15 is 0 Å². The zero-order chi connectivity index (χ0) is 14.7. The number of nitrogens with one attached hydrogen (secondary N) is 1. The normalized spacial score (nSPS) is 27.7. The van der Waals surface area contributed by atoms with Gasteiger partial charge in [0.05, 0.1) is 0 Å². The Hall–Kier alpha value is -0.860. The van der Waals surface area contributed by atoms with Gasteiger partial charge in [-0.2, -0.15) is 0 Å². The number of hydrogen-bond donors (Lipinski definition) is 1. The van der Waals surface area contributed by atoms with Crippen molar-refractivity contribution in [2.45, 2.75) is 58.7 Å². The lowest BCUT2D eigenvalue weighted by atomic mass is 9.95. The molecule has 2 heteroatoms. The van der Waals surface area contributed by atoms with Crippen molar-refractivity contribution >= 4 is 0 Å². The van der Waals surface area contributed by atoms with Gasteiger partial charge in [0.25, 0.3) is 0 Å². The minimum Gasteiger partial charge on any atom is -0.310 e. The molecule has 1 N–H and O–H groups in total. The Kier molecular flexibility index (Phi) is 4.97. The smallest absolute Gasteiger partial charge is 0.0236 e. The maximum absolute atomic E-state index is 3.86. The lowest BCUT2D eigenvalue weighted by Gasteiger charge is -2.24. The van der Waals surface area contributed by atoms with E-state index in [1.165, 1.54) is 36.8 Å². The molecule has 1 aromatic carbocycles. The second-order valence-electron chi connectivity index (χ2n) is 6.89. The average molecular weight is 286 g/mol. The topological polar surface area (TPSA) is 15.3 Å². The number of hydrogen-bond acceptors (Lipinski definition) is 2. The van der Waals surface area contributed by atoms with Crippen LogP contribution in [0.15, 0.2) is 24.3 Å². The highest BCUT2D eigenvalue weighted by molar-refractivity contribution is 5.27. The molecule has 3 rings (SSSR count). The highest BCUT2D eigenvalue weighted by atomic mass is 15.1. The van der Waals surface area contributed by atoms with Crippen LogP contribution in [0.4, 0.5) is 0 Å². The quantitative estimate of drug-likeness (QED) is 0.820. The highest BCUT2D eigenvalue weighted by Gasteiger charge is 2.38. The van der Waals surface area contributed by atoms with Crippen molar-refractivity contribution in [2.75, 3.05) is 13.1 Å². The van der Waals surface area contributed by atoms with E-state index in [9.17, 15) is 0 Å². The summed E-state index contributed by atoms with van der Waals surface area (Å²) in [5, 5.41) is 3.86. The van der Waals surface area contributed by atoms with Gasteiger partial charge in [-0.05, 0) is 55.3 Å². The first kappa shape index (κ1) is 15.1. The number of fused-ring (bicyclic) bond motifs is 2. The van der Waals surface area contributed by atoms with Crippen LogP contribution in [0.5, 0.6) is 0 Å². The van der Waals surface area contributed by atoms with Gasteiger partial charge in [0.1, 0.15) is 0 Å². The molecular weight excluding hydrogens is 256 g/mol. The maximum atomic E-state index is 3.86. The van der Waals surface area contributed by atoms with Crippen LogP contribution >= 0.6 is 0 Å². The molecule has 0 amide bonds. The molecular formula is C19H30N2. The van der Waals surface area contributed by atoms with Crippen molar-refractivity contribution in [3.63, 3.8) is 0 Å². The van der Waals surface area contributed by atoms with Gasteiger partial charge >= 0.3 is 0 Å². The molecule has 0 aromatic heterocycles. The molecule has 116 valence electrons. The first-order chi connectivity index (χ1) is 10.3. The number of nitrogens with zero attached hydrogens (tertiary/aromatic N) is 1. The third-order valence-corrected chi connectivity index (χ3v) is 5.70. The first-order valence-corrected chi connectivity index (χ1v) is 8.82. The summed E-state index contributed by atoms with van der Waals surface area (Å²) in [6.07, 6.45) is 5.85. The van der Waals surface area contributed by atoms with Gasteiger partial charge < -0.3 is 5.32 Å². The zero-order valence-corrected chi connectivity index (χ0v) is 13.6. The van der Waals surface area contributed by atoms with Crippen LogP contribution in [0.3, 0.4) is 0 Å². The van der Waals surface area contributed by atoms with Crippen LogP contribution in [0.25, 0.3) is 0 Å². The molecule has 0 heterocycles. The summed E-state index contributed by atoms with van der Waals surface area (Å²) in [5.74, 6) is 1.99. The molecule has 2 aliphatic carbocycles. The van der Waals surface area contributed by atoms with Gasteiger partial charge in [-0.3, -0.25) is 4.90 Å². The number of rotatable bonds is 7. The maximum Gasteiger partial charge on any atom is 0.0236 e. The van der Waals surface area contributed by atoms with E-state index in [0.717, 1.165) is 44.1 Å². The van der Waals surface area contributed by atoms with E-state index < -0.39 is 0 Å². The Morgan fingerprint density at radius 2 is 1.81 bits per heavy atom. The van der Waals surface area contributed by atoms with Gasteiger partial charge in [0.15, 0.2) is 0 Å². The monoisotopic (exact) mass is 286 g/mol. The Morgan fingerprint density at radius 3 is 2.43 bits per heavy atom. The third-order valence-electron chi connectivity index (χ3n) is 5.70. The second kappa shape index (κ2) is 6.93. The van der Waals surface area contributed by atoms with Gasteiger partial charge in [-0.1, -0.05) is 44.5 Å². The largest absolute Gasteiger partial charge is 0.310 e. The van der Waals surface area contributed by atoms with Crippen molar-refractivity contribution < 1.29 is 0 Å². The Labute approximate surface area is 129 Å². The predicted octanol–water partition coefficient (Wildman–Crippen LogP) is 3.81. The summed E-state index contributed by atoms with van der Waals surface area (Å²) in [6.45, 7) is 8.89. The van der Waals surface area contributed by atoms with Crippen LogP contribution in [-0.4, -0.2) is 24.0 Å². The van der Waals surface area contributed by atoms with E-state index in [-0.39, 0.29) is 0 Å². The molecule has 2 bridgehead atoms. The molecule has 2 aliphatic rings. The summed E-state index contributed by atoms with van der Waals surface area (Å²) >= 11 is 0. The van der Waals surface area contributed by atoms with Crippen LogP contribution in [0.2, 0.25) is 0 Å². The highest BCUT2D eigenvalue weighted by Crippen LogP contribution is 2.44. The lowest BCUT2D eigenvalue weighted by molar-refractivity contribution is 0.294. The van der Waals surface area contributed by atoms with E-state index in [1.807, 2.05) is 0 Å². The molecule has 0 radical (unpaired) electrons. The minimum absolute atomic E-state index is 0.783. The molecule has 2 saturated carbocycles. The molecule has 0 spiro atoms. The summed E-state index contributed by atoms with van der Waals surface area (Å²) < 4.78 is 0. The standard InChI is InChI=1S/C19H30N2/c1-3-21(4-2)14-18-8-6-5-7-17(18)13-20-19-12-15-9-10-16(19)11-15/h5-8,15-16,19-20H,3-4,9-14H2,1-2H3. The lowest BCUT2D eigenvalue weighted by Crippen LogP contribution is -2.33. The van der Waals surface area contributed by atoms with Crippen LogP contribution in [0.1, 0.15) is 50.7 Å². The summed E-state index contributed by atoms with van der Waals surface area (Å²) in [7, 11) is 0. The SMILES string of the molecule is CCN(CC)Cc1ccccc1CNC1CC2CCC1C2. The molecule has 0 aliphatic heterocycles. The summed E-state index contributed by atoms with van der Waals surface area (Å²) in [6, 6.07) is 9.75. The Balaban J connectivity index is 1.59. The summed E-state index contributed by atoms with van der Waals surface area (Å²) in [5.41, 5.74) is 2.99. The second-order valence-corrected chi connectivity index (χ2v) is 6.89. The van der Waals surface area contributed by atoms with E-state index in [4.69, 9.17) is 0 Å². The van der Waals surface area contributed by atoms with Crippen molar-refractivity contribution in [3.8, 4) is 0 Å². The van der Waals surface area contributed by atoms with Crippen molar-refractivity contribution in [2.24, 2.45) is 11.8 Å². The van der Waals surface area contributed by atoms with Crippen molar-refractivity contribution in [1.29, 1.82) is 0 Å². The molecule has 2 fully saturated rings. The fourth-order valence-electron chi connectivity index (χ4n) is 4.31. The molecule has 21 heavy (non-hydrogen) atoms. The Bertz CT molecular complexity index is 453. The molecule has 3 unspecified atom stereocenters. The Morgan fingerprint density at radius 1 is 1.05 bits per heavy atom. The predicted molar refractivity (Wildman–Crippen MR) is 89.1 cm³/mol. The van der Waals surface area contributed by atoms with Crippen molar-refractivity contribution in [1.82, 2.24) is 10.2 Å². The van der Waals surface area contributed by atoms with Gasteiger partial charge in [0.2, 0.25) is 0 Å². The fraction of sp³-hybridized carbons (Fsp3) is 0.684. The van der Waals surface area contributed by atoms with Crippen LogP contribution in [-0.2, 0) is 13.1 Å². The van der Waals surface area contributed by atoms with Crippen LogP contribution in [0, 0.1) is 11.8 Å². The molecule has 0 saturated heterocycles.